The normalized spacial score (nSPS) is 9.47. The summed E-state index contributed by atoms with van der Waals surface area (Å²) in [5.41, 5.74) is 0.737. The zero-order valence-electron chi connectivity index (χ0n) is 9.76. The number of para-hydroxylation sites is 1. The number of carbonyl (C=O) groups is 1. The average Bonchev–Trinajstić information content (AvgIpc) is 2.42. The lowest BCUT2D eigenvalue weighted by Crippen LogP contribution is -2.16. The van der Waals surface area contributed by atoms with Crippen LogP contribution in [0.15, 0.2) is 48.5 Å². The van der Waals surface area contributed by atoms with Gasteiger partial charge in [-0.3, -0.25) is 5.32 Å². The molecule has 2 rings (SSSR count). The minimum Gasteiger partial charge on any atom is -0.410 e. The maximum atomic E-state index is 11.6. The number of anilines is 1. The molecular weight excluding hydrogens is 264 g/mol. The number of nitriles is 1. The van der Waals surface area contributed by atoms with Gasteiger partial charge in [0.15, 0.2) is 0 Å². The fraction of sp³-hybridized carbons (Fsp3) is 0. The smallest absolute Gasteiger partial charge is 0.410 e. The highest BCUT2D eigenvalue weighted by Gasteiger charge is 2.07. The van der Waals surface area contributed by atoms with E-state index < -0.39 is 6.09 Å². The van der Waals surface area contributed by atoms with Gasteiger partial charge in [-0.15, -0.1) is 0 Å². The molecule has 4 nitrogen and oxygen atoms in total. The van der Waals surface area contributed by atoms with Crippen LogP contribution in [0.25, 0.3) is 0 Å². The molecule has 0 fully saturated rings. The molecule has 0 atom stereocenters. The average molecular weight is 273 g/mol. The first-order valence-corrected chi connectivity index (χ1v) is 5.80. The number of amides is 1. The van der Waals surface area contributed by atoms with Crippen LogP contribution in [0.2, 0.25) is 5.02 Å². The third-order valence-electron chi connectivity index (χ3n) is 2.29. The summed E-state index contributed by atoms with van der Waals surface area (Å²) in [5, 5.41) is 11.7. The highest BCUT2D eigenvalue weighted by molar-refractivity contribution is 6.31. The van der Waals surface area contributed by atoms with Crippen molar-refractivity contribution in [3.05, 3.63) is 59.1 Å². The van der Waals surface area contributed by atoms with Gasteiger partial charge in [-0.2, -0.15) is 5.26 Å². The Morgan fingerprint density at radius 3 is 2.63 bits per heavy atom. The van der Waals surface area contributed by atoms with Crippen LogP contribution in [0.5, 0.6) is 5.75 Å². The Balaban J connectivity index is 2.06. The summed E-state index contributed by atoms with van der Waals surface area (Å²) in [6.07, 6.45) is -0.627. The van der Waals surface area contributed by atoms with E-state index in [1.165, 1.54) is 12.1 Å². The van der Waals surface area contributed by atoms with Crippen LogP contribution in [0.4, 0.5) is 10.5 Å². The summed E-state index contributed by atoms with van der Waals surface area (Å²) >= 11 is 5.80. The topological polar surface area (TPSA) is 62.1 Å². The van der Waals surface area contributed by atoms with E-state index in [1.54, 1.807) is 30.3 Å². The van der Waals surface area contributed by atoms with Crippen molar-refractivity contribution in [2.24, 2.45) is 0 Å². The molecule has 0 bridgehead atoms. The number of halogens is 1. The van der Waals surface area contributed by atoms with Crippen LogP contribution in [-0.4, -0.2) is 6.09 Å². The summed E-state index contributed by atoms with van der Waals surface area (Å²) in [5.74, 6) is 0.439. The minimum absolute atomic E-state index is 0.291. The van der Waals surface area contributed by atoms with Crippen molar-refractivity contribution < 1.29 is 9.53 Å². The Hall–Kier alpha value is -2.51. The van der Waals surface area contributed by atoms with E-state index in [0.717, 1.165) is 0 Å². The highest BCUT2D eigenvalue weighted by Crippen LogP contribution is 2.20. The maximum absolute atomic E-state index is 11.6. The Bertz CT molecular complexity index is 636. The Labute approximate surface area is 115 Å². The van der Waals surface area contributed by atoms with E-state index in [1.807, 2.05) is 12.1 Å². The number of nitrogens with zero attached hydrogens (tertiary/aromatic N) is 1. The van der Waals surface area contributed by atoms with Gasteiger partial charge in [0.25, 0.3) is 0 Å². The first-order valence-electron chi connectivity index (χ1n) is 5.42. The summed E-state index contributed by atoms with van der Waals surface area (Å²) in [6, 6.07) is 15.2. The second-order valence-electron chi connectivity index (χ2n) is 3.63. The lowest BCUT2D eigenvalue weighted by atomic mass is 10.2. The van der Waals surface area contributed by atoms with Crippen LogP contribution < -0.4 is 10.1 Å². The van der Waals surface area contributed by atoms with Gasteiger partial charge in [0, 0.05) is 5.69 Å². The Morgan fingerprint density at radius 2 is 1.95 bits per heavy atom. The van der Waals surface area contributed by atoms with Crippen LogP contribution in [0.3, 0.4) is 0 Å². The zero-order chi connectivity index (χ0) is 13.7. The van der Waals surface area contributed by atoms with E-state index in [2.05, 4.69) is 5.32 Å². The molecule has 0 aliphatic carbocycles. The number of carbonyl (C=O) groups excluding carboxylic acids is 1. The first-order chi connectivity index (χ1) is 9.19. The van der Waals surface area contributed by atoms with Gasteiger partial charge in [-0.05, 0) is 30.3 Å². The fourth-order valence-electron chi connectivity index (χ4n) is 1.43. The van der Waals surface area contributed by atoms with Gasteiger partial charge in [-0.1, -0.05) is 29.8 Å². The van der Waals surface area contributed by atoms with Crippen molar-refractivity contribution in [3.8, 4) is 11.8 Å². The number of benzene rings is 2. The molecule has 0 heterocycles. The van der Waals surface area contributed by atoms with E-state index >= 15 is 0 Å². The molecule has 2 aromatic carbocycles. The monoisotopic (exact) mass is 272 g/mol. The third-order valence-corrected chi connectivity index (χ3v) is 2.62. The van der Waals surface area contributed by atoms with E-state index in [-0.39, 0.29) is 0 Å². The molecule has 0 aliphatic heterocycles. The van der Waals surface area contributed by atoms with Gasteiger partial charge in [0.2, 0.25) is 0 Å². The van der Waals surface area contributed by atoms with Crippen molar-refractivity contribution in [1.29, 1.82) is 5.26 Å². The lowest BCUT2D eigenvalue weighted by molar-refractivity contribution is 0.215. The van der Waals surface area contributed by atoms with Crippen molar-refractivity contribution in [1.82, 2.24) is 0 Å². The SMILES string of the molecule is N#Cc1cc(NC(=O)Oc2ccccc2)ccc1Cl. The molecule has 0 unspecified atom stereocenters. The lowest BCUT2D eigenvalue weighted by Gasteiger charge is -2.07. The summed E-state index contributed by atoms with van der Waals surface area (Å²) < 4.78 is 5.06. The molecule has 0 spiro atoms. The number of nitrogens with one attached hydrogen (secondary N) is 1. The number of rotatable bonds is 2. The standard InChI is InChI=1S/C14H9ClN2O2/c15-13-7-6-11(8-10(13)9-16)17-14(18)19-12-4-2-1-3-5-12/h1-8H,(H,17,18). The summed E-state index contributed by atoms with van der Waals surface area (Å²) in [6.45, 7) is 0. The van der Waals surface area contributed by atoms with E-state index in [9.17, 15) is 4.79 Å². The summed E-state index contributed by atoms with van der Waals surface area (Å²) in [7, 11) is 0. The molecule has 19 heavy (non-hydrogen) atoms. The second kappa shape index (κ2) is 5.89. The van der Waals surface area contributed by atoms with Crippen molar-refractivity contribution >= 4 is 23.4 Å². The molecule has 1 amide bonds. The summed E-state index contributed by atoms with van der Waals surface area (Å²) in [4.78, 5) is 11.6. The van der Waals surface area contributed by atoms with Crippen molar-refractivity contribution in [3.63, 3.8) is 0 Å². The number of hydrogen-bond donors (Lipinski definition) is 1. The predicted octanol–water partition coefficient (Wildman–Crippen LogP) is 3.82. The van der Waals surface area contributed by atoms with Crippen LogP contribution in [0, 0.1) is 11.3 Å². The molecule has 0 aliphatic rings. The van der Waals surface area contributed by atoms with Gasteiger partial charge in [-0.25, -0.2) is 4.79 Å². The van der Waals surface area contributed by atoms with Crippen molar-refractivity contribution in [2.45, 2.75) is 0 Å². The van der Waals surface area contributed by atoms with Gasteiger partial charge in [0.05, 0.1) is 10.6 Å². The number of ether oxygens (including phenoxy) is 1. The molecule has 0 radical (unpaired) electrons. The van der Waals surface area contributed by atoms with Gasteiger partial charge in [0.1, 0.15) is 11.8 Å². The van der Waals surface area contributed by atoms with Gasteiger partial charge < -0.3 is 4.74 Å². The maximum Gasteiger partial charge on any atom is 0.417 e. The van der Waals surface area contributed by atoms with Crippen LogP contribution in [-0.2, 0) is 0 Å². The minimum atomic E-state index is -0.627. The predicted molar refractivity (Wildman–Crippen MR) is 72.3 cm³/mol. The quantitative estimate of drug-likeness (QED) is 0.904. The highest BCUT2D eigenvalue weighted by atomic mass is 35.5. The van der Waals surface area contributed by atoms with E-state index in [4.69, 9.17) is 21.6 Å². The number of hydrogen-bond acceptors (Lipinski definition) is 3. The second-order valence-corrected chi connectivity index (χ2v) is 4.04. The molecular formula is C14H9ClN2O2. The molecule has 5 heteroatoms. The molecule has 2 aromatic rings. The largest absolute Gasteiger partial charge is 0.417 e. The fourth-order valence-corrected chi connectivity index (χ4v) is 1.59. The first kappa shape index (κ1) is 12.9. The zero-order valence-corrected chi connectivity index (χ0v) is 10.5. The Morgan fingerprint density at radius 1 is 1.21 bits per heavy atom. The van der Waals surface area contributed by atoms with Crippen molar-refractivity contribution in [2.75, 3.05) is 5.32 Å². The molecule has 0 saturated carbocycles. The van der Waals surface area contributed by atoms with Crippen LogP contribution >= 0.6 is 11.6 Å². The third kappa shape index (κ3) is 3.47. The molecule has 0 saturated heterocycles. The Kier molecular flexibility index (Phi) is 4.01. The molecule has 0 aromatic heterocycles. The van der Waals surface area contributed by atoms with Crippen LogP contribution in [0.1, 0.15) is 5.56 Å². The molecule has 94 valence electrons. The van der Waals surface area contributed by atoms with Gasteiger partial charge >= 0.3 is 6.09 Å². The van der Waals surface area contributed by atoms with E-state index in [0.29, 0.717) is 22.0 Å². The molecule has 1 N–H and O–H groups in total.